The minimum absolute atomic E-state index is 0.0648. The summed E-state index contributed by atoms with van der Waals surface area (Å²) in [6, 6.07) is 70.8. The maximum Gasteiger partial charge on any atom is 0.0695 e. The van der Waals surface area contributed by atoms with Gasteiger partial charge in [-0.15, -0.1) is 5.69 Å². The number of aliphatic imine (C=N–C) groups is 1. The average molecular weight is 780 g/mol. The maximum atomic E-state index is 5.56. The molecule has 0 N–H and O–H groups in total. The highest BCUT2D eigenvalue weighted by molar-refractivity contribution is 6.21. The highest BCUT2D eigenvalue weighted by Gasteiger charge is 2.35. The SMILES string of the molecule is CC1(C)c2ccccc2-c2cc(C3=NC(c4cccc(-n5c6ccccc6c6cc(-n7c8ccccc8c8ccccc87)ccc65)c4)[N-]c4c3ccc3ccccc43)ccc21. The van der Waals surface area contributed by atoms with Crippen LogP contribution in [0.4, 0.5) is 5.69 Å². The van der Waals surface area contributed by atoms with Crippen LogP contribution in [-0.4, -0.2) is 14.8 Å². The molecule has 0 bridgehead atoms. The fraction of sp³-hybridized carbons (Fsp3) is 0.0702. The summed E-state index contributed by atoms with van der Waals surface area (Å²) in [5.41, 5.74) is 17.4. The molecule has 11 aromatic rings. The van der Waals surface area contributed by atoms with E-state index in [1.165, 1.54) is 60.2 Å². The van der Waals surface area contributed by atoms with Crippen molar-refractivity contribution < 1.29 is 0 Å². The molecule has 2 aliphatic rings. The smallest absolute Gasteiger partial charge is 0.0695 e. The van der Waals surface area contributed by atoms with Crippen molar-refractivity contribution in [2.24, 2.45) is 4.99 Å². The van der Waals surface area contributed by atoms with E-state index in [0.717, 1.165) is 55.9 Å². The average Bonchev–Trinajstić information content (AvgIpc) is 3.91. The Balaban J connectivity index is 0.972. The monoisotopic (exact) mass is 779 g/mol. The molecule has 61 heavy (non-hydrogen) atoms. The summed E-state index contributed by atoms with van der Waals surface area (Å²) in [6.07, 6.45) is -0.430. The molecule has 0 radical (unpaired) electrons. The quantitative estimate of drug-likeness (QED) is 0.171. The molecule has 4 heteroatoms. The van der Waals surface area contributed by atoms with Gasteiger partial charge in [0, 0.05) is 50.1 Å². The second kappa shape index (κ2) is 12.7. The summed E-state index contributed by atoms with van der Waals surface area (Å²) < 4.78 is 4.81. The highest BCUT2D eigenvalue weighted by atomic mass is 15.1. The van der Waals surface area contributed by atoms with Crippen molar-refractivity contribution in [1.82, 2.24) is 9.13 Å². The Morgan fingerprint density at radius 1 is 0.443 bits per heavy atom. The Morgan fingerprint density at radius 2 is 1.05 bits per heavy atom. The van der Waals surface area contributed by atoms with Crippen molar-refractivity contribution in [3.05, 3.63) is 227 Å². The van der Waals surface area contributed by atoms with E-state index in [0.29, 0.717) is 0 Å². The third-order valence-electron chi connectivity index (χ3n) is 13.4. The van der Waals surface area contributed by atoms with Gasteiger partial charge in [-0.25, -0.2) is 0 Å². The first-order valence-electron chi connectivity index (χ1n) is 21.2. The predicted molar refractivity (Wildman–Crippen MR) is 254 cm³/mol. The minimum Gasteiger partial charge on any atom is -0.659 e. The first-order chi connectivity index (χ1) is 30.0. The summed E-state index contributed by atoms with van der Waals surface area (Å²) >= 11 is 0. The molecule has 288 valence electrons. The van der Waals surface area contributed by atoms with Gasteiger partial charge in [0.05, 0.1) is 27.8 Å². The van der Waals surface area contributed by atoms with Gasteiger partial charge in [0.15, 0.2) is 0 Å². The molecular weight excluding hydrogens is 741 g/mol. The molecule has 9 aromatic carbocycles. The number of fused-ring (bicyclic) bond motifs is 12. The Labute approximate surface area is 353 Å². The molecule has 13 rings (SSSR count). The van der Waals surface area contributed by atoms with Gasteiger partial charge in [-0.3, -0.25) is 4.99 Å². The Morgan fingerprint density at radius 3 is 1.80 bits per heavy atom. The topological polar surface area (TPSA) is 36.3 Å². The van der Waals surface area contributed by atoms with Crippen LogP contribution in [0.25, 0.3) is 82.2 Å². The van der Waals surface area contributed by atoms with E-state index in [-0.39, 0.29) is 5.41 Å². The molecule has 1 aliphatic heterocycles. The Bertz CT molecular complexity index is 3620. The number of nitrogens with zero attached hydrogens (tertiary/aromatic N) is 4. The number of benzene rings is 9. The summed E-state index contributed by atoms with van der Waals surface area (Å²) in [5.74, 6) is 0. The van der Waals surface area contributed by atoms with E-state index in [1.807, 2.05) is 0 Å². The molecule has 0 fully saturated rings. The maximum absolute atomic E-state index is 5.56. The van der Waals surface area contributed by atoms with E-state index in [4.69, 9.17) is 10.3 Å². The lowest BCUT2D eigenvalue weighted by molar-refractivity contribution is 0.660. The van der Waals surface area contributed by atoms with Gasteiger partial charge in [0.2, 0.25) is 0 Å². The Kier molecular flexibility index (Phi) is 7.10. The number of aromatic nitrogens is 2. The molecule has 3 heterocycles. The van der Waals surface area contributed by atoms with Crippen molar-refractivity contribution in [1.29, 1.82) is 0 Å². The van der Waals surface area contributed by atoms with E-state index in [2.05, 4.69) is 217 Å². The standard InChI is InChI=1S/C57H39N4/c1-57(2)48-22-9-5-18-41(48)46-33-36(27-30-49(46)57)54-45-29-26-35-14-3-4-17-40(35)55(45)59-56(58-54)37-15-13-16-38(32-37)60-52-25-12-8-21-44(52)47-34-39(28-31-53(47)60)61-50-23-10-6-19-42(50)43-20-7-11-24-51(43)61/h3-34,56H,1-2H3/q-1. The fourth-order valence-corrected chi connectivity index (χ4v) is 10.6. The van der Waals surface area contributed by atoms with Crippen LogP contribution in [-0.2, 0) is 5.41 Å². The van der Waals surface area contributed by atoms with E-state index in [9.17, 15) is 0 Å². The molecule has 0 amide bonds. The van der Waals surface area contributed by atoms with Gasteiger partial charge in [-0.1, -0.05) is 153 Å². The van der Waals surface area contributed by atoms with Crippen LogP contribution in [0, 0.1) is 0 Å². The van der Waals surface area contributed by atoms with Crippen molar-refractivity contribution in [2.75, 3.05) is 0 Å². The minimum atomic E-state index is -0.430. The Hall–Kier alpha value is -7.69. The first kappa shape index (κ1) is 34.2. The second-order valence-electron chi connectivity index (χ2n) is 17.1. The van der Waals surface area contributed by atoms with E-state index < -0.39 is 6.17 Å². The zero-order valence-electron chi connectivity index (χ0n) is 33.8. The van der Waals surface area contributed by atoms with E-state index in [1.54, 1.807) is 0 Å². The van der Waals surface area contributed by atoms with Crippen LogP contribution in [0.3, 0.4) is 0 Å². The van der Waals surface area contributed by atoms with Crippen molar-refractivity contribution in [2.45, 2.75) is 25.4 Å². The van der Waals surface area contributed by atoms with Gasteiger partial charge < -0.3 is 14.5 Å². The molecular formula is C57H39N4-. The lowest BCUT2D eigenvalue weighted by atomic mass is 9.82. The van der Waals surface area contributed by atoms with Gasteiger partial charge in [0.1, 0.15) is 0 Å². The van der Waals surface area contributed by atoms with Gasteiger partial charge >= 0.3 is 0 Å². The molecule has 0 saturated carbocycles. The first-order valence-corrected chi connectivity index (χ1v) is 21.2. The highest BCUT2D eigenvalue weighted by Crippen LogP contribution is 2.50. The zero-order valence-corrected chi connectivity index (χ0v) is 33.8. The molecule has 1 unspecified atom stereocenters. The lowest BCUT2D eigenvalue weighted by Gasteiger charge is -2.39. The lowest BCUT2D eigenvalue weighted by Crippen LogP contribution is -2.16. The summed E-state index contributed by atoms with van der Waals surface area (Å²) in [7, 11) is 0. The summed E-state index contributed by atoms with van der Waals surface area (Å²) in [6.45, 7) is 4.67. The third kappa shape index (κ3) is 4.90. The molecule has 0 saturated heterocycles. The van der Waals surface area contributed by atoms with Crippen molar-refractivity contribution >= 4 is 65.8 Å². The molecule has 2 aromatic heterocycles. The largest absolute Gasteiger partial charge is 0.659 e. The van der Waals surface area contributed by atoms with Crippen LogP contribution in [0.15, 0.2) is 199 Å². The van der Waals surface area contributed by atoms with Crippen molar-refractivity contribution in [3.63, 3.8) is 0 Å². The molecule has 1 atom stereocenters. The van der Waals surface area contributed by atoms with Crippen LogP contribution >= 0.6 is 0 Å². The molecule has 4 nitrogen and oxygen atoms in total. The van der Waals surface area contributed by atoms with Crippen LogP contribution < -0.4 is 0 Å². The van der Waals surface area contributed by atoms with Crippen LogP contribution in [0.2, 0.25) is 0 Å². The van der Waals surface area contributed by atoms with E-state index >= 15 is 0 Å². The number of hydrogen-bond acceptors (Lipinski definition) is 1. The summed E-state index contributed by atoms with van der Waals surface area (Å²) in [5, 5.41) is 12.8. The van der Waals surface area contributed by atoms with Crippen molar-refractivity contribution in [3.8, 4) is 22.5 Å². The fourth-order valence-electron chi connectivity index (χ4n) is 10.6. The number of hydrogen-bond donors (Lipinski definition) is 0. The zero-order chi connectivity index (χ0) is 40.4. The van der Waals surface area contributed by atoms with Gasteiger partial charge in [0.25, 0.3) is 0 Å². The van der Waals surface area contributed by atoms with Gasteiger partial charge in [-0.2, -0.15) is 0 Å². The summed E-state index contributed by atoms with van der Waals surface area (Å²) in [4.78, 5) is 5.56. The predicted octanol–water partition coefficient (Wildman–Crippen LogP) is 14.9. The van der Waals surface area contributed by atoms with Crippen LogP contribution in [0.5, 0.6) is 0 Å². The normalized spacial score (nSPS) is 15.2. The second-order valence-corrected chi connectivity index (χ2v) is 17.1. The number of para-hydroxylation sites is 3. The molecule has 0 spiro atoms. The van der Waals surface area contributed by atoms with Crippen LogP contribution in [0.1, 0.15) is 47.8 Å². The third-order valence-corrected chi connectivity index (χ3v) is 13.4. The van der Waals surface area contributed by atoms with Gasteiger partial charge in [-0.05, 0) is 98.8 Å². The number of rotatable bonds is 4. The molecule has 1 aliphatic carbocycles.